The number of carbonyl (C=O) groups is 1. The van der Waals surface area contributed by atoms with E-state index in [0.717, 1.165) is 31.6 Å². The number of fused-ring (bicyclic) bond motifs is 1. The van der Waals surface area contributed by atoms with E-state index in [2.05, 4.69) is 29.6 Å². The highest BCUT2D eigenvalue weighted by molar-refractivity contribution is 5.88. The Kier molecular flexibility index (Phi) is 3.59. The number of hydrogen-bond donors (Lipinski definition) is 1. The molecular weight excluding hydrogens is 248 g/mol. The Balaban J connectivity index is 1.73. The maximum Gasteiger partial charge on any atom is 0.244 e. The lowest BCUT2D eigenvalue weighted by molar-refractivity contribution is -0.130. The van der Waals surface area contributed by atoms with Gasteiger partial charge in [0.2, 0.25) is 5.91 Å². The van der Waals surface area contributed by atoms with Gasteiger partial charge < -0.3 is 10.2 Å². The highest BCUT2D eigenvalue weighted by atomic mass is 16.2. The second kappa shape index (κ2) is 5.53. The first kappa shape index (κ1) is 13.0. The maximum atomic E-state index is 12.3. The number of hydrogen-bond acceptors (Lipinski definition) is 2. The number of likely N-dealkylation sites (tertiary alicyclic amines) is 1. The Hall–Kier alpha value is -2.03. The summed E-state index contributed by atoms with van der Waals surface area (Å²) < 4.78 is 0. The van der Waals surface area contributed by atoms with Crippen LogP contribution in [0.15, 0.2) is 42.5 Å². The highest BCUT2D eigenvalue weighted by Crippen LogP contribution is 2.20. The van der Waals surface area contributed by atoms with Crippen LogP contribution >= 0.6 is 0 Å². The fourth-order valence-corrected chi connectivity index (χ4v) is 2.80. The van der Waals surface area contributed by atoms with Gasteiger partial charge in [-0.15, -0.1) is 0 Å². The maximum absolute atomic E-state index is 12.3. The van der Waals surface area contributed by atoms with Gasteiger partial charge in [0, 0.05) is 18.8 Å². The van der Waals surface area contributed by atoms with E-state index in [0.29, 0.717) is 0 Å². The third-order valence-corrected chi connectivity index (χ3v) is 3.92. The van der Waals surface area contributed by atoms with Crippen LogP contribution in [0.3, 0.4) is 0 Å². The van der Waals surface area contributed by atoms with Gasteiger partial charge in [0.1, 0.15) is 6.04 Å². The van der Waals surface area contributed by atoms with Crippen LogP contribution in [-0.4, -0.2) is 29.9 Å². The Labute approximate surface area is 119 Å². The van der Waals surface area contributed by atoms with Crippen LogP contribution in [0.1, 0.15) is 19.8 Å². The molecule has 1 aliphatic rings. The molecule has 1 fully saturated rings. The van der Waals surface area contributed by atoms with Crippen molar-refractivity contribution < 1.29 is 4.79 Å². The van der Waals surface area contributed by atoms with Crippen LogP contribution in [0.25, 0.3) is 10.8 Å². The minimum atomic E-state index is -0.172. The van der Waals surface area contributed by atoms with E-state index < -0.39 is 0 Å². The molecule has 104 valence electrons. The summed E-state index contributed by atoms with van der Waals surface area (Å²) in [4.78, 5) is 14.2. The molecule has 0 bridgehead atoms. The number of nitrogens with one attached hydrogen (secondary N) is 1. The summed E-state index contributed by atoms with van der Waals surface area (Å²) in [5.41, 5.74) is 1.00. The zero-order chi connectivity index (χ0) is 13.9. The van der Waals surface area contributed by atoms with E-state index >= 15 is 0 Å². The minimum Gasteiger partial charge on any atom is -0.374 e. The van der Waals surface area contributed by atoms with Gasteiger partial charge in [-0.25, -0.2) is 0 Å². The Morgan fingerprint density at radius 3 is 2.55 bits per heavy atom. The molecule has 0 spiro atoms. The number of nitrogens with zero attached hydrogens (tertiary/aromatic N) is 1. The smallest absolute Gasteiger partial charge is 0.244 e. The SMILES string of the molecule is C[C@@H](Nc1ccc2ccccc2c1)C(=O)N1CCCC1. The van der Waals surface area contributed by atoms with Crippen molar-refractivity contribution in [3.63, 3.8) is 0 Å². The molecule has 1 atom stereocenters. The van der Waals surface area contributed by atoms with Crippen LogP contribution < -0.4 is 5.32 Å². The summed E-state index contributed by atoms with van der Waals surface area (Å²) in [5, 5.41) is 5.73. The van der Waals surface area contributed by atoms with Crippen molar-refractivity contribution in [3.8, 4) is 0 Å². The first-order valence-corrected chi connectivity index (χ1v) is 7.28. The average Bonchev–Trinajstić information content (AvgIpc) is 3.00. The lowest BCUT2D eigenvalue weighted by atomic mass is 10.1. The molecule has 1 aliphatic heterocycles. The summed E-state index contributed by atoms with van der Waals surface area (Å²) >= 11 is 0. The molecule has 20 heavy (non-hydrogen) atoms. The monoisotopic (exact) mass is 268 g/mol. The van der Waals surface area contributed by atoms with Gasteiger partial charge in [-0.3, -0.25) is 4.79 Å². The summed E-state index contributed by atoms with van der Waals surface area (Å²) in [7, 11) is 0. The van der Waals surface area contributed by atoms with E-state index in [-0.39, 0.29) is 11.9 Å². The number of carbonyl (C=O) groups excluding carboxylic acids is 1. The van der Waals surface area contributed by atoms with Gasteiger partial charge in [0.25, 0.3) is 0 Å². The molecule has 3 heteroatoms. The van der Waals surface area contributed by atoms with E-state index in [1.807, 2.05) is 30.0 Å². The van der Waals surface area contributed by atoms with Gasteiger partial charge >= 0.3 is 0 Å². The van der Waals surface area contributed by atoms with E-state index in [4.69, 9.17) is 0 Å². The zero-order valence-corrected chi connectivity index (χ0v) is 11.8. The summed E-state index contributed by atoms with van der Waals surface area (Å²) in [6.45, 7) is 3.75. The second-order valence-corrected chi connectivity index (χ2v) is 5.46. The lowest BCUT2D eigenvalue weighted by Gasteiger charge is -2.22. The normalized spacial score (nSPS) is 16.4. The number of amides is 1. The van der Waals surface area contributed by atoms with E-state index in [1.54, 1.807) is 0 Å². The zero-order valence-electron chi connectivity index (χ0n) is 11.8. The molecule has 2 aromatic carbocycles. The van der Waals surface area contributed by atoms with Gasteiger partial charge in [0.05, 0.1) is 0 Å². The molecule has 1 amide bonds. The molecule has 0 radical (unpaired) electrons. The van der Waals surface area contributed by atoms with Crippen LogP contribution in [0.2, 0.25) is 0 Å². The molecule has 0 saturated carbocycles. The van der Waals surface area contributed by atoms with Crippen molar-refractivity contribution in [3.05, 3.63) is 42.5 Å². The van der Waals surface area contributed by atoms with E-state index in [9.17, 15) is 4.79 Å². The Bertz CT molecular complexity index is 617. The van der Waals surface area contributed by atoms with E-state index in [1.165, 1.54) is 10.8 Å². The first-order chi connectivity index (χ1) is 9.74. The molecular formula is C17H20N2O. The standard InChI is InChI=1S/C17H20N2O/c1-13(17(20)19-10-4-5-11-19)18-16-9-8-14-6-2-3-7-15(14)12-16/h2-3,6-9,12-13,18H,4-5,10-11H2,1H3/t13-/m1/s1. The summed E-state index contributed by atoms with van der Waals surface area (Å²) in [6, 6.07) is 14.3. The van der Waals surface area contributed by atoms with Crippen molar-refractivity contribution in [2.45, 2.75) is 25.8 Å². The van der Waals surface area contributed by atoms with Crippen molar-refractivity contribution in [1.82, 2.24) is 4.90 Å². The molecule has 0 aromatic heterocycles. The van der Waals surface area contributed by atoms with Crippen molar-refractivity contribution >= 4 is 22.4 Å². The summed E-state index contributed by atoms with van der Waals surface area (Å²) in [6.07, 6.45) is 2.27. The Morgan fingerprint density at radius 1 is 1.10 bits per heavy atom. The first-order valence-electron chi connectivity index (χ1n) is 7.28. The number of rotatable bonds is 3. The van der Waals surface area contributed by atoms with Gasteiger partial charge in [0.15, 0.2) is 0 Å². The van der Waals surface area contributed by atoms with Crippen LogP contribution in [0, 0.1) is 0 Å². The predicted molar refractivity (Wildman–Crippen MR) is 82.8 cm³/mol. The molecule has 3 nitrogen and oxygen atoms in total. The molecule has 1 N–H and O–H groups in total. The fraction of sp³-hybridized carbons (Fsp3) is 0.353. The molecule has 0 aliphatic carbocycles. The topological polar surface area (TPSA) is 32.3 Å². The van der Waals surface area contributed by atoms with Gasteiger partial charge in [-0.2, -0.15) is 0 Å². The minimum absolute atomic E-state index is 0.172. The quantitative estimate of drug-likeness (QED) is 0.926. The number of benzene rings is 2. The lowest BCUT2D eigenvalue weighted by Crippen LogP contribution is -2.39. The summed E-state index contributed by atoms with van der Waals surface area (Å²) in [5.74, 6) is 0.204. The second-order valence-electron chi connectivity index (χ2n) is 5.46. The highest BCUT2D eigenvalue weighted by Gasteiger charge is 2.22. The molecule has 1 heterocycles. The third-order valence-electron chi connectivity index (χ3n) is 3.92. The fourth-order valence-electron chi connectivity index (χ4n) is 2.80. The molecule has 0 unspecified atom stereocenters. The molecule has 2 aromatic rings. The predicted octanol–water partition coefficient (Wildman–Crippen LogP) is 3.26. The molecule has 1 saturated heterocycles. The Morgan fingerprint density at radius 2 is 1.80 bits per heavy atom. The van der Waals surface area contributed by atoms with Crippen LogP contribution in [-0.2, 0) is 4.79 Å². The number of anilines is 1. The third kappa shape index (κ3) is 2.62. The van der Waals surface area contributed by atoms with Crippen molar-refractivity contribution in [1.29, 1.82) is 0 Å². The van der Waals surface area contributed by atoms with Gasteiger partial charge in [-0.1, -0.05) is 30.3 Å². The van der Waals surface area contributed by atoms with Crippen LogP contribution in [0.4, 0.5) is 5.69 Å². The van der Waals surface area contributed by atoms with Crippen LogP contribution in [0.5, 0.6) is 0 Å². The average molecular weight is 268 g/mol. The molecule has 3 rings (SSSR count). The van der Waals surface area contributed by atoms with Gasteiger partial charge in [-0.05, 0) is 42.7 Å². The van der Waals surface area contributed by atoms with Crippen molar-refractivity contribution in [2.75, 3.05) is 18.4 Å². The largest absolute Gasteiger partial charge is 0.374 e. The van der Waals surface area contributed by atoms with Crippen molar-refractivity contribution in [2.24, 2.45) is 0 Å².